The molecular formula is C23H24FN7O2. The molecule has 1 saturated heterocycles. The van der Waals surface area contributed by atoms with Crippen LogP contribution in [0.15, 0.2) is 36.7 Å². The molecule has 2 aromatic carbocycles. The van der Waals surface area contributed by atoms with E-state index in [1.165, 1.54) is 17.9 Å². The first kappa shape index (κ1) is 21.1. The molecule has 33 heavy (non-hydrogen) atoms. The number of aromatic nitrogens is 4. The van der Waals surface area contributed by atoms with Crippen molar-refractivity contribution in [1.82, 2.24) is 25.1 Å². The predicted octanol–water partition coefficient (Wildman–Crippen LogP) is 2.71. The molecule has 1 atom stereocenters. The molecule has 1 aliphatic rings. The molecule has 0 bridgehead atoms. The number of likely N-dealkylation sites (N-methyl/N-ethyl adjacent to an activating group) is 1. The van der Waals surface area contributed by atoms with E-state index < -0.39 is 11.7 Å². The second-order valence-electron chi connectivity index (χ2n) is 8.16. The highest BCUT2D eigenvalue weighted by Crippen LogP contribution is 2.31. The number of hydrogen-bond donors (Lipinski definition) is 2. The zero-order valence-corrected chi connectivity index (χ0v) is 18.6. The van der Waals surface area contributed by atoms with E-state index in [0.29, 0.717) is 28.2 Å². The van der Waals surface area contributed by atoms with Gasteiger partial charge >= 0.3 is 6.01 Å². The number of ether oxygens (including phenoxy) is 1. The highest BCUT2D eigenvalue weighted by Gasteiger charge is 2.23. The normalized spacial score (nSPS) is 15.8. The van der Waals surface area contributed by atoms with E-state index in [2.05, 4.69) is 30.6 Å². The second-order valence-corrected chi connectivity index (χ2v) is 8.16. The maximum Gasteiger partial charge on any atom is 0.316 e. The average molecular weight is 449 g/mol. The Balaban J connectivity index is 1.54. The van der Waals surface area contributed by atoms with Crippen LogP contribution in [0.2, 0.25) is 0 Å². The maximum absolute atomic E-state index is 14.5. The van der Waals surface area contributed by atoms with Crippen LogP contribution in [0.25, 0.3) is 21.8 Å². The molecule has 2 aromatic heterocycles. The first-order valence-electron chi connectivity index (χ1n) is 10.7. The number of benzene rings is 2. The van der Waals surface area contributed by atoms with Crippen molar-refractivity contribution in [3.05, 3.63) is 48.0 Å². The minimum absolute atomic E-state index is 0.168. The lowest BCUT2D eigenvalue weighted by molar-refractivity contribution is 0.102. The number of carbonyl (C=O) groups is 1. The third-order valence-corrected chi connectivity index (χ3v) is 6.03. The van der Waals surface area contributed by atoms with E-state index >= 15 is 0 Å². The minimum Gasteiger partial charge on any atom is -0.467 e. The molecular weight excluding hydrogens is 425 g/mol. The van der Waals surface area contributed by atoms with E-state index in [9.17, 15) is 9.18 Å². The third kappa shape index (κ3) is 3.82. The molecule has 10 heteroatoms. The Morgan fingerprint density at radius 3 is 2.94 bits per heavy atom. The van der Waals surface area contributed by atoms with Gasteiger partial charge in [-0.15, -0.1) is 0 Å². The molecule has 1 amide bonds. The van der Waals surface area contributed by atoms with Gasteiger partial charge in [-0.1, -0.05) is 0 Å². The molecule has 2 N–H and O–H groups in total. The van der Waals surface area contributed by atoms with Crippen LogP contribution in [0.5, 0.6) is 6.01 Å². The van der Waals surface area contributed by atoms with E-state index in [1.807, 2.05) is 13.1 Å². The summed E-state index contributed by atoms with van der Waals surface area (Å²) in [7, 11) is 5.23. The van der Waals surface area contributed by atoms with Crippen LogP contribution in [0.4, 0.5) is 15.8 Å². The minimum atomic E-state index is -0.501. The molecule has 170 valence electrons. The van der Waals surface area contributed by atoms with E-state index in [1.54, 1.807) is 31.6 Å². The Morgan fingerprint density at radius 1 is 1.33 bits per heavy atom. The van der Waals surface area contributed by atoms with Gasteiger partial charge in [-0.25, -0.2) is 9.37 Å². The first-order chi connectivity index (χ1) is 15.9. The summed E-state index contributed by atoms with van der Waals surface area (Å²) < 4.78 is 21.2. The number of hydrogen-bond acceptors (Lipinski definition) is 7. The molecule has 4 aromatic rings. The van der Waals surface area contributed by atoms with Crippen molar-refractivity contribution in [2.75, 3.05) is 37.5 Å². The van der Waals surface area contributed by atoms with Crippen LogP contribution in [-0.2, 0) is 7.05 Å². The van der Waals surface area contributed by atoms with Crippen LogP contribution in [-0.4, -0.2) is 58.9 Å². The molecule has 9 nitrogen and oxygen atoms in total. The molecule has 0 spiro atoms. The molecule has 3 heterocycles. The Morgan fingerprint density at radius 2 is 2.18 bits per heavy atom. The number of carbonyl (C=O) groups excluding carboxylic acids is 1. The smallest absolute Gasteiger partial charge is 0.316 e. The van der Waals surface area contributed by atoms with Crippen molar-refractivity contribution in [3.63, 3.8) is 0 Å². The predicted molar refractivity (Wildman–Crippen MR) is 124 cm³/mol. The lowest BCUT2D eigenvalue weighted by atomic mass is 10.1. The topological polar surface area (TPSA) is 97.2 Å². The lowest BCUT2D eigenvalue weighted by Gasteiger charge is -2.27. The fourth-order valence-corrected chi connectivity index (χ4v) is 4.33. The summed E-state index contributed by atoms with van der Waals surface area (Å²) in [5, 5.41) is 11.6. The van der Waals surface area contributed by atoms with Gasteiger partial charge in [-0.3, -0.25) is 9.48 Å². The Hall–Kier alpha value is -3.79. The molecule has 1 unspecified atom stereocenters. The van der Waals surface area contributed by atoms with E-state index in [-0.39, 0.29) is 11.5 Å². The fraction of sp³-hybridized carbons (Fsp3) is 0.304. The SMILES string of the molecule is COc1ncc2c(N(C)C3CCNC3)ccc(C(=O)Nc3cc(F)c4nn(C)cc4c3)c2n1. The monoisotopic (exact) mass is 449 g/mol. The Labute approximate surface area is 189 Å². The third-order valence-electron chi connectivity index (χ3n) is 6.03. The van der Waals surface area contributed by atoms with Gasteiger partial charge in [0, 0.05) is 61.2 Å². The molecule has 0 saturated carbocycles. The van der Waals surface area contributed by atoms with Crippen molar-refractivity contribution >= 4 is 39.1 Å². The van der Waals surface area contributed by atoms with Gasteiger partial charge < -0.3 is 20.3 Å². The summed E-state index contributed by atoms with van der Waals surface area (Å²) in [6.07, 6.45) is 4.40. The molecule has 0 radical (unpaired) electrons. The van der Waals surface area contributed by atoms with E-state index in [0.717, 1.165) is 30.6 Å². The van der Waals surface area contributed by atoms with Gasteiger partial charge in [0.05, 0.1) is 18.2 Å². The van der Waals surface area contributed by atoms with Crippen molar-refractivity contribution in [2.45, 2.75) is 12.5 Å². The number of nitrogens with one attached hydrogen (secondary N) is 2. The van der Waals surface area contributed by atoms with Gasteiger partial charge in [-0.2, -0.15) is 10.1 Å². The van der Waals surface area contributed by atoms with Crippen molar-refractivity contribution in [3.8, 4) is 6.01 Å². The van der Waals surface area contributed by atoms with Crippen molar-refractivity contribution < 1.29 is 13.9 Å². The van der Waals surface area contributed by atoms with E-state index in [4.69, 9.17) is 4.74 Å². The van der Waals surface area contributed by atoms with Gasteiger partial charge in [0.25, 0.3) is 5.91 Å². The van der Waals surface area contributed by atoms with Crippen LogP contribution >= 0.6 is 0 Å². The number of anilines is 2. The molecule has 1 aliphatic heterocycles. The fourth-order valence-electron chi connectivity index (χ4n) is 4.33. The van der Waals surface area contributed by atoms with Gasteiger partial charge in [0.15, 0.2) is 5.82 Å². The summed E-state index contributed by atoms with van der Waals surface area (Å²) in [4.78, 5) is 24.2. The number of methoxy groups -OCH3 is 1. The largest absolute Gasteiger partial charge is 0.467 e. The zero-order valence-electron chi connectivity index (χ0n) is 18.6. The number of aryl methyl sites for hydroxylation is 1. The number of nitrogens with zero attached hydrogens (tertiary/aromatic N) is 5. The summed E-state index contributed by atoms with van der Waals surface area (Å²) >= 11 is 0. The number of rotatable bonds is 5. The van der Waals surface area contributed by atoms with Gasteiger partial charge in [0.1, 0.15) is 5.52 Å². The number of halogens is 1. The van der Waals surface area contributed by atoms with Crippen LogP contribution < -0.4 is 20.3 Å². The van der Waals surface area contributed by atoms with Crippen LogP contribution in [0, 0.1) is 5.82 Å². The molecule has 5 rings (SSSR count). The lowest BCUT2D eigenvalue weighted by Crippen LogP contribution is -2.33. The summed E-state index contributed by atoms with van der Waals surface area (Å²) in [6, 6.07) is 7.09. The van der Waals surface area contributed by atoms with Crippen molar-refractivity contribution in [1.29, 1.82) is 0 Å². The first-order valence-corrected chi connectivity index (χ1v) is 10.7. The molecule has 0 aliphatic carbocycles. The molecule has 1 fully saturated rings. The standard InChI is InChI=1S/C23H24FN7O2/c1-30-12-13-8-14(9-18(24)20(13)29-30)27-22(32)16-4-5-19(31(2)15-6-7-25-10-15)17-11-26-23(33-3)28-21(16)17/h4-5,8-9,11-12,15,25H,6-7,10H2,1-3H3,(H,27,32). The highest BCUT2D eigenvalue weighted by molar-refractivity contribution is 6.14. The summed E-state index contributed by atoms with van der Waals surface area (Å²) in [5.74, 6) is -0.903. The van der Waals surface area contributed by atoms with Gasteiger partial charge in [-0.05, 0) is 37.2 Å². The summed E-state index contributed by atoms with van der Waals surface area (Å²) in [6.45, 7) is 1.86. The zero-order chi connectivity index (χ0) is 23.1. The Bertz CT molecular complexity index is 1360. The number of amides is 1. The van der Waals surface area contributed by atoms with Crippen molar-refractivity contribution in [2.24, 2.45) is 7.05 Å². The summed E-state index contributed by atoms with van der Waals surface area (Å²) in [5.41, 5.74) is 2.34. The maximum atomic E-state index is 14.5. The quantitative estimate of drug-likeness (QED) is 0.484. The second kappa shape index (κ2) is 8.28. The highest BCUT2D eigenvalue weighted by atomic mass is 19.1. The Kier molecular flexibility index (Phi) is 5.29. The van der Waals surface area contributed by atoms with Crippen LogP contribution in [0.3, 0.4) is 0 Å². The average Bonchev–Trinajstić information content (AvgIpc) is 3.47. The number of fused-ring (bicyclic) bond motifs is 2. The van der Waals surface area contributed by atoms with Crippen LogP contribution in [0.1, 0.15) is 16.8 Å². The van der Waals surface area contributed by atoms with Gasteiger partial charge in [0.2, 0.25) is 0 Å².